The SMILES string of the molecule is CC(=O)Nc1ccc(C(=O)COC(=O)c2ccccc2N2CCCC2=O)c(F)c1. The molecule has 1 aliphatic rings. The first-order valence-corrected chi connectivity index (χ1v) is 9.03. The Morgan fingerprint density at radius 3 is 2.55 bits per heavy atom. The van der Waals surface area contributed by atoms with Crippen LogP contribution in [-0.2, 0) is 14.3 Å². The van der Waals surface area contributed by atoms with E-state index in [0.717, 1.165) is 6.07 Å². The highest BCUT2D eigenvalue weighted by Gasteiger charge is 2.26. The molecule has 8 heteroatoms. The Kier molecular flexibility index (Phi) is 6.01. The second-order valence-corrected chi connectivity index (χ2v) is 6.54. The van der Waals surface area contributed by atoms with Crippen molar-refractivity contribution in [1.29, 1.82) is 0 Å². The maximum Gasteiger partial charge on any atom is 0.340 e. The third-order valence-corrected chi connectivity index (χ3v) is 4.41. The molecule has 1 heterocycles. The molecule has 0 aromatic heterocycles. The Morgan fingerprint density at radius 2 is 1.90 bits per heavy atom. The zero-order valence-electron chi connectivity index (χ0n) is 15.7. The molecule has 3 rings (SSSR count). The van der Waals surface area contributed by atoms with E-state index in [0.29, 0.717) is 25.1 Å². The van der Waals surface area contributed by atoms with E-state index in [1.54, 1.807) is 18.2 Å². The zero-order chi connectivity index (χ0) is 21.0. The summed E-state index contributed by atoms with van der Waals surface area (Å²) in [4.78, 5) is 49.2. The first-order chi connectivity index (χ1) is 13.9. The molecule has 1 aliphatic heterocycles. The molecule has 2 aromatic rings. The summed E-state index contributed by atoms with van der Waals surface area (Å²) in [5.41, 5.74) is 0.554. The van der Waals surface area contributed by atoms with Crippen LogP contribution in [0.25, 0.3) is 0 Å². The van der Waals surface area contributed by atoms with E-state index in [9.17, 15) is 23.6 Å². The normalized spacial score (nSPS) is 13.3. The fraction of sp³-hybridized carbons (Fsp3) is 0.238. The van der Waals surface area contributed by atoms with Gasteiger partial charge in [0.05, 0.1) is 16.8 Å². The molecule has 1 saturated heterocycles. The lowest BCUT2D eigenvalue weighted by Gasteiger charge is -2.18. The summed E-state index contributed by atoms with van der Waals surface area (Å²) in [5.74, 6) is -2.78. The number of anilines is 2. The van der Waals surface area contributed by atoms with E-state index in [4.69, 9.17) is 4.74 Å². The average molecular weight is 398 g/mol. The van der Waals surface area contributed by atoms with Crippen molar-refractivity contribution in [2.45, 2.75) is 19.8 Å². The maximum absolute atomic E-state index is 14.2. The number of carbonyl (C=O) groups excluding carboxylic acids is 4. The summed E-state index contributed by atoms with van der Waals surface area (Å²) in [6.45, 7) is 1.13. The lowest BCUT2D eigenvalue weighted by atomic mass is 10.1. The van der Waals surface area contributed by atoms with Crippen LogP contribution < -0.4 is 10.2 Å². The van der Waals surface area contributed by atoms with E-state index in [1.807, 2.05) is 0 Å². The summed E-state index contributed by atoms with van der Waals surface area (Å²) in [7, 11) is 0. The Morgan fingerprint density at radius 1 is 1.14 bits per heavy atom. The van der Waals surface area contributed by atoms with E-state index >= 15 is 0 Å². The molecular formula is C21H19FN2O5. The number of ketones is 1. The van der Waals surface area contributed by atoms with Gasteiger partial charge in [0.1, 0.15) is 5.82 Å². The van der Waals surface area contributed by atoms with Gasteiger partial charge in [0.25, 0.3) is 0 Å². The second kappa shape index (κ2) is 8.64. The van der Waals surface area contributed by atoms with Gasteiger partial charge in [-0.2, -0.15) is 0 Å². The summed E-state index contributed by atoms with van der Waals surface area (Å²) in [5, 5.41) is 2.41. The highest BCUT2D eigenvalue weighted by molar-refractivity contribution is 6.05. The molecule has 0 aliphatic carbocycles. The number of amides is 2. The van der Waals surface area contributed by atoms with E-state index < -0.39 is 24.2 Å². The Labute approximate surface area is 166 Å². The van der Waals surface area contributed by atoms with Gasteiger partial charge in [-0.05, 0) is 36.8 Å². The van der Waals surface area contributed by atoms with Gasteiger partial charge in [-0.3, -0.25) is 14.4 Å². The quantitative estimate of drug-likeness (QED) is 0.597. The lowest BCUT2D eigenvalue weighted by molar-refractivity contribution is -0.117. The molecule has 150 valence electrons. The number of Topliss-reactive ketones (excluding diaryl/α,β-unsaturated/α-hetero) is 1. The Hall–Kier alpha value is -3.55. The van der Waals surface area contributed by atoms with Crippen LogP contribution in [0.3, 0.4) is 0 Å². The molecule has 1 N–H and O–H groups in total. The number of hydrogen-bond donors (Lipinski definition) is 1. The van der Waals surface area contributed by atoms with Crippen molar-refractivity contribution >= 4 is 34.9 Å². The van der Waals surface area contributed by atoms with Crippen molar-refractivity contribution in [2.24, 2.45) is 0 Å². The minimum absolute atomic E-state index is 0.0809. The fourth-order valence-electron chi connectivity index (χ4n) is 3.09. The molecule has 1 fully saturated rings. The van der Waals surface area contributed by atoms with E-state index in [-0.39, 0.29) is 28.6 Å². The zero-order valence-corrected chi connectivity index (χ0v) is 15.7. The topological polar surface area (TPSA) is 92.8 Å². The predicted molar refractivity (Wildman–Crippen MR) is 103 cm³/mol. The van der Waals surface area contributed by atoms with E-state index in [1.165, 1.54) is 30.0 Å². The number of nitrogens with zero attached hydrogens (tertiary/aromatic N) is 1. The number of ether oxygens (including phenoxy) is 1. The molecule has 29 heavy (non-hydrogen) atoms. The van der Waals surface area contributed by atoms with Crippen LogP contribution in [-0.4, -0.2) is 36.7 Å². The number of hydrogen-bond acceptors (Lipinski definition) is 5. The van der Waals surface area contributed by atoms with Crippen molar-refractivity contribution in [3.05, 3.63) is 59.4 Å². The number of halogens is 1. The largest absolute Gasteiger partial charge is 0.454 e. The molecule has 0 saturated carbocycles. The third kappa shape index (κ3) is 4.66. The fourth-order valence-corrected chi connectivity index (χ4v) is 3.09. The number of esters is 1. The van der Waals surface area contributed by atoms with Crippen LogP contribution in [0.1, 0.15) is 40.5 Å². The molecule has 0 bridgehead atoms. The molecule has 0 spiro atoms. The number of benzene rings is 2. The van der Waals surface area contributed by atoms with Crippen LogP contribution in [0.4, 0.5) is 15.8 Å². The highest BCUT2D eigenvalue weighted by Crippen LogP contribution is 2.26. The van der Waals surface area contributed by atoms with Gasteiger partial charge in [-0.25, -0.2) is 9.18 Å². The molecule has 0 unspecified atom stereocenters. The van der Waals surface area contributed by atoms with Crippen molar-refractivity contribution < 1.29 is 28.3 Å². The lowest BCUT2D eigenvalue weighted by Crippen LogP contribution is -2.26. The number of rotatable bonds is 6. The monoisotopic (exact) mass is 398 g/mol. The summed E-state index contributed by atoms with van der Waals surface area (Å²) < 4.78 is 19.2. The van der Waals surface area contributed by atoms with Crippen molar-refractivity contribution in [3.8, 4) is 0 Å². The van der Waals surface area contributed by atoms with Gasteiger partial charge in [0.15, 0.2) is 6.61 Å². The molecule has 2 aromatic carbocycles. The first-order valence-electron chi connectivity index (χ1n) is 9.03. The van der Waals surface area contributed by atoms with Crippen molar-refractivity contribution in [2.75, 3.05) is 23.4 Å². The first kappa shape index (κ1) is 20.2. The third-order valence-electron chi connectivity index (χ3n) is 4.41. The van der Waals surface area contributed by atoms with Crippen LogP contribution in [0.2, 0.25) is 0 Å². The van der Waals surface area contributed by atoms with Crippen LogP contribution in [0.15, 0.2) is 42.5 Å². The predicted octanol–water partition coefficient (Wildman–Crippen LogP) is 2.95. The highest BCUT2D eigenvalue weighted by atomic mass is 19.1. The maximum atomic E-state index is 14.2. The minimum atomic E-state index is -0.833. The van der Waals surface area contributed by atoms with Crippen molar-refractivity contribution in [1.82, 2.24) is 0 Å². The number of nitrogens with one attached hydrogen (secondary N) is 1. The van der Waals surface area contributed by atoms with Crippen LogP contribution in [0.5, 0.6) is 0 Å². The summed E-state index contributed by atoms with van der Waals surface area (Å²) in [6, 6.07) is 10.1. The van der Waals surface area contributed by atoms with Gasteiger partial charge in [-0.15, -0.1) is 0 Å². The van der Waals surface area contributed by atoms with Gasteiger partial charge in [0, 0.05) is 25.6 Å². The number of para-hydroxylation sites is 1. The van der Waals surface area contributed by atoms with Gasteiger partial charge in [0.2, 0.25) is 17.6 Å². The molecule has 0 atom stereocenters. The Balaban J connectivity index is 1.69. The average Bonchev–Trinajstić information content (AvgIpc) is 3.11. The number of carbonyl (C=O) groups is 4. The smallest absolute Gasteiger partial charge is 0.340 e. The second-order valence-electron chi connectivity index (χ2n) is 6.54. The minimum Gasteiger partial charge on any atom is -0.454 e. The molecule has 7 nitrogen and oxygen atoms in total. The van der Waals surface area contributed by atoms with Gasteiger partial charge < -0.3 is 15.0 Å². The van der Waals surface area contributed by atoms with Gasteiger partial charge >= 0.3 is 5.97 Å². The Bertz CT molecular complexity index is 989. The molecule has 2 amide bonds. The van der Waals surface area contributed by atoms with Crippen LogP contribution >= 0.6 is 0 Å². The van der Waals surface area contributed by atoms with Crippen LogP contribution in [0, 0.1) is 5.82 Å². The molecular weight excluding hydrogens is 379 g/mol. The summed E-state index contributed by atoms with van der Waals surface area (Å²) in [6.07, 6.45) is 1.12. The standard InChI is InChI=1S/C21H19FN2O5/c1-13(25)23-14-8-9-15(17(22)11-14)19(26)12-29-21(28)16-5-2-3-6-18(16)24-10-4-7-20(24)27/h2-3,5-6,8-9,11H,4,7,10,12H2,1H3,(H,23,25). The van der Waals surface area contributed by atoms with Crippen molar-refractivity contribution in [3.63, 3.8) is 0 Å². The molecule has 0 radical (unpaired) electrons. The van der Waals surface area contributed by atoms with E-state index in [2.05, 4.69) is 5.32 Å². The summed E-state index contributed by atoms with van der Waals surface area (Å²) >= 11 is 0. The van der Waals surface area contributed by atoms with Gasteiger partial charge in [-0.1, -0.05) is 12.1 Å².